The summed E-state index contributed by atoms with van der Waals surface area (Å²) in [7, 11) is 1.52. The molecule has 0 aliphatic heterocycles. The molecule has 0 atom stereocenters. The van der Waals surface area contributed by atoms with Crippen LogP contribution in [0.3, 0.4) is 0 Å². The van der Waals surface area contributed by atoms with Crippen LogP contribution in [0.15, 0.2) is 30.3 Å². The summed E-state index contributed by atoms with van der Waals surface area (Å²) >= 11 is 0. The van der Waals surface area contributed by atoms with Crippen molar-refractivity contribution in [3.05, 3.63) is 35.9 Å². The van der Waals surface area contributed by atoms with Gasteiger partial charge in [0.2, 0.25) is 0 Å². The van der Waals surface area contributed by atoms with Crippen LogP contribution in [0.4, 0.5) is 0 Å². The summed E-state index contributed by atoms with van der Waals surface area (Å²) in [5.74, 6) is -1.93. The first kappa shape index (κ1) is 15.8. The van der Waals surface area contributed by atoms with Gasteiger partial charge in [-0.3, -0.25) is 0 Å². The van der Waals surface area contributed by atoms with Gasteiger partial charge in [0, 0.05) is 17.8 Å². The second-order valence-corrected chi connectivity index (χ2v) is 4.83. The predicted molar refractivity (Wildman–Crippen MR) is 69.4 cm³/mol. The molecule has 0 fully saturated rings. The molecule has 0 amide bonds. The third kappa shape index (κ3) is 3.60. The van der Waals surface area contributed by atoms with Gasteiger partial charge in [-0.15, -0.1) is 0 Å². The van der Waals surface area contributed by atoms with E-state index >= 15 is 0 Å². The van der Waals surface area contributed by atoms with E-state index in [-0.39, 0.29) is 6.42 Å². The molecule has 0 aliphatic carbocycles. The number of carbonyl (C=O) groups excluding carboxylic acids is 2. The van der Waals surface area contributed by atoms with E-state index < -0.39 is 17.4 Å². The number of rotatable bonds is 6. The lowest BCUT2D eigenvalue weighted by Crippen LogP contribution is -2.39. The predicted octanol–water partition coefficient (Wildman–Crippen LogP) is -0.00530. The smallest absolute Gasteiger partial charge is 0.118 e. The Morgan fingerprint density at radius 2 is 1.75 bits per heavy atom. The van der Waals surface area contributed by atoms with E-state index in [0.29, 0.717) is 16.9 Å². The van der Waals surface area contributed by atoms with Gasteiger partial charge in [0.15, 0.2) is 0 Å². The maximum atomic E-state index is 11.3. The molecule has 0 radical (unpaired) electrons. The van der Waals surface area contributed by atoms with E-state index in [2.05, 4.69) is 0 Å². The molecule has 0 unspecified atom stereocenters. The number of carboxylic acids is 2. The van der Waals surface area contributed by atoms with Gasteiger partial charge in [-0.2, -0.15) is 0 Å². The highest BCUT2D eigenvalue weighted by Crippen LogP contribution is 2.35. The topological polar surface area (TPSA) is 89.5 Å². The zero-order valence-electron chi connectivity index (χ0n) is 11.6. The van der Waals surface area contributed by atoms with Crippen LogP contribution >= 0.6 is 0 Å². The molecule has 0 aromatic heterocycles. The van der Waals surface area contributed by atoms with E-state index in [0.717, 1.165) is 0 Å². The summed E-state index contributed by atoms with van der Waals surface area (Å²) in [5, 5.41) is 21.9. The van der Waals surface area contributed by atoms with E-state index in [1.807, 2.05) is 0 Å². The summed E-state index contributed by atoms with van der Waals surface area (Å²) in [6.45, 7) is 2.93. The minimum Gasteiger partial charge on any atom is -0.550 e. The molecule has 1 rings (SSSR count). The maximum Gasteiger partial charge on any atom is 0.118 e. The Hall–Kier alpha value is -2.30. The standard InChI is InChI=1S/C15H18O5/c1-15(2,14(18)19)12(8-9-13(16)17)10-4-6-11(20-3)7-5-10/h4-8H,9H2,1-3H3,(H,16,17)(H,18,19)/p-2/b12-8-. The Balaban J connectivity index is 3.26. The van der Waals surface area contributed by atoms with Crippen molar-refractivity contribution in [3.8, 4) is 5.75 Å². The summed E-state index contributed by atoms with van der Waals surface area (Å²) in [6.07, 6.45) is 0.977. The van der Waals surface area contributed by atoms with Gasteiger partial charge >= 0.3 is 0 Å². The Bertz CT molecular complexity index is 526. The molecule has 1 aromatic carbocycles. The quantitative estimate of drug-likeness (QED) is 0.729. The molecular formula is C15H16O5-2. The average Bonchev–Trinajstić information content (AvgIpc) is 2.38. The lowest BCUT2D eigenvalue weighted by atomic mass is 9.79. The Morgan fingerprint density at radius 1 is 1.20 bits per heavy atom. The number of ether oxygens (including phenoxy) is 1. The van der Waals surface area contributed by atoms with Crippen LogP contribution in [0.5, 0.6) is 5.75 Å². The number of benzene rings is 1. The lowest BCUT2D eigenvalue weighted by Gasteiger charge is -2.30. The van der Waals surface area contributed by atoms with Gasteiger partial charge in [-0.1, -0.05) is 32.1 Å². The fourth-order valence-corrected chi connectivity index (χ4v) is 1.80. The second-order valence-electron chi connectivity index (χ2n) is 4.83. The molecule has 0 heterocycles. The number of methoxy groups -OCH3 is 1. The van der Waals surface area contributed by atoms with Gasteiger partial charge in [-0.05, 0) is 23.3 Å². The first-order valence-electron chi connectivity index (χ1n) is 6.05. The van der Waals surface area contributed by atoms with Crippen LogP contribution in [0, 0.1) is 5.41 Å². The van der Waals surface area contributed by atoms with E-state index in [1.165, 1.54) is 27.0 Å². The summed E-state index contributed by atoms with van der Waals surface area (Å²) < 4.78 is 5.03. The molecule has 0 saturated carbocycles. The maximum absolute atomic E-state index is 11.3. The van der Waals surface area contributed by atoms with Crippen LogP contribution in [-0.4, -0.2) is 19.0 Å². The molecule has 5 heteroatoms. The zero-order chi connectivity index (χ0) is 15.3. The average molecular weight is 276 g/mol. The van der Waals surface area contributed by atoms with Crippen molar-refractivity contribution in [2.45, 2.75) is 20.3 Å². The fraction of sp³-hybridized carbons (Fsp3) is 0.333. The molecule has 0 aliphatic rings. The van der Waals surface area contributed by atoms with Crippen LogP contribution in [0.2, 0.25) is 0 Å². The fourth-order valence-electron chi connectivity index (χ4n) is 1.80. The van der Waals surface area contributed by atoms with Crippen molar-refractivity contribution in [3.63, 3.8) is 0 Å². The third-order valence-electron chi connectivity index (χ3n) is 3.06. The monoisotopic (exact) mass is 276 g/mol. The summed E-state index contributed by atoms with van der Waals surface area (Å²) in [4.78, 5) is 21.9. The molecule has 0 saturated heterocycles. The largest absolute Gasteiger partial charge is 0.550 e. The van der Waals surface area contributed by atoms with Crippen molar-refractivity contribution in [1.82, 2.24) is 0 Å². The minimum atomic E-state index is -1.32. The molecule has 5 nitrogen and oxygen atoms in total. The molecular weight excluding hydrogens is 260 g/mol. The Morgan fingerprint density at radius 3 is 2.15 bits per heavy atom. The second kappa shape index (κ2) is 6.23. The molecule has 108 valence electrons. The van der Waals surface area contributed by atoms with Crippen molar-refractivity contribution in [2.75, 3.05) is 7.11 Å². The number of aliphatic carboxylic acids is 2. The Kier molecular flexibility index (Phi) is 4.91. The van der Waals surface area contributed by atoms with E-state index in [9.17, 15) is 19.8 Å². The normalized spacial score (nSPS) is 12.1. The zero-order valence-corrected chi connectivity index (χ0v) is 11.6. The van der Waals surface area contributed by atoms with Gasteiger partial charge in [0.05, 0.1) is 13.1 Å². The highest BCUT2D eigenvalue weighted by Gasteiger charge is 2.26. The van der Waals surface area contributed by atoms with Crippen molar-refractivity contribution >= 4 is 17.5 Å². The number of hydrogen-bond acceptors (Lipinski definition) is 5. The van der Waals surface area contributed by atoms with Crippen LogP contribution in [-0.2, 0) is 9.59 Å². The van der Waals surface area contributed by atoms with E-state index in [4.69, 9.17) is 4.74 Å². The minimum absolute atomic E-state index is 0.363. The first-order valence-corrected chi connectivity index (χ1v) is 6.05. The van der Waals surface area contributed by atoms with Crippen molar-refractivity contribution < 1.29 is 24.5 Å². The number of carboxylic acid groups (broad SMARTS) is 2. The number of hydrogen-bond donors (Lipinski definition) is 0. The van der Waals surface area contributed by atoms with Crippen LogP contribution < -0.4 is 14.9 Å². The SMILES string of the molecule is COc1ccc(/C(=C/CC(=O)[O-])C(C)(C)C(=O)[O-])cc1. The van der Waals surface area contributed by atoms with Crippen molar-refractivity contribution in [1.29, 1.82) is 0 Å². The highest BCUT2D eigenvalue weighted by molar-refractivity contribution is 5.91. The van der Waals surface area contributed by atoms with E-state index in [1.54, 1.807) is 24.3 Å². The van der Waals surface area contributed by atoms with Crippen LogP contribution in [0.1, 0.15) is 25.8 Å². The van der Waals surface area contributed by atoms with Crippen LogP contribution in [0.25, 0.3) is 5.57 Å². The van der Waals surface area contributed by atoms with Gasteiger partial charge in [0.1, 0.15) is 5.75 Å². The van der Waals surface area contributed by atoms with Gasteiger partial charge < -0.3 is 24.5 Å². The molecule has 0 spiro atoms. The third-order valence-corrected chi connectivity index (χ3v) is 3.06. The van der Waals surface area contributed by atoms with Crippen molar-refractivity contribution in [2.24, 2.45) is 5.41 Å². The van der Waals surface area contributed by atoms with Gasteiger partial charge in [0.25, 0.3) is 0 Å². The summed E-state index contributed by atoms with van der Waals surface area (Å²) in [6, 6.07) is 6.69. The Labute approximate surface area is 117 Å². The molecule has 0 bridgehead atoms. The summed E-state index contributed by atoms with van der Waals surface area (Å²) in [5.41, 5.74) is -0.352. The lowest BCUT2D eigenvalue weighted by molar-refractivity contribution is -0.314. The highest BCUT2D eigenvalue weighted by atomic mass is 16.5. The molecule has 0 N–H and O–H groups in total. The molecule has 1 aromatic rings. The van der Waals surface area contributed by atoms with Gasteiger partial charge in [-0.25, -0.2) is 0 Å². The molecule has 20 heavy (non-hydrogen) atoms. The number of carbonyl (C=O) groups is 2. The first-order chi connectivity index (χ1) is 9.28.